The Bertz CT molecular complexity index is 594. The number of aryl methyl sites for hydroxylation is 1. The first-order valence-corrected chi connectivity index (χ1v) is 8.08. The zero-order chi connectivity index (χ0) is 15.2. The van der Waals surface area contributed by atoms with Gasteiger partial charge in [-0.15, -0.1) is 0 Å². The quantitative estimate of drug-likeness (QED) is 0.859. The van der Waals surface area contributed by atoms with Gasteiger partial charge in [-0.1, -0.05) is 12.1 Å². The standard InChI is InChI=1S/C15H20N4OS/c1-16-14(12-8-17-19(2)9-12)15(20)18-13-6-4-11(5-7-13)10-21-3/h4-9,14,16H,10H2,1-3H3,(H,18,20). The summed E-state index contributed by atoms with van der Waals surface area (Å²) < 4.78 is 1.68. The molecule has 0 bridgehead atoms. The second-order valence-corrected chi connectivity index (χ2v) is 5.65. The van der Waals surface area contributed by atoms with Gasteiger partial charge in [-0.05, 0) is 31.0 Å². The van der Waals surface area contributed by atoms with Gasteiger partial charge in [0.05, 0.1) is 6.20 Å². The Labute approximate surface area is 129 Å². The highest BCUT2D eigenvalue weighted by Crippen LogP contribution is 2.17. The Balaban J connectivity index is 2.05. The number of carbonyl (C=O) groups excluding carboxylic acids is 1. The first kappa shape index (κ1) is 15.6. The minimum absolute atomic E-state index is 0.0943. The molecule has 0 saturated carbocycles. The van der Waals surface area contributed by atoms with Gasteiger partial charge < -0.3 is 10.6 Å². The van der Waals surface area contributed by atoms with Crippen LogP contribution >= 0.6 is 11.8 Å². The van der Waals surface area contributed by atoms with E-state index in [1.807, 2.05) is 37.5 Å². The molecule has 1 atom stereocenters. The van der Waals surface area contributed by atoms with Crippen molar-refractivity contribution in [1.82, 2.24) is 15.1 Å². The van der Waals surface area contributed by atoms with Crippen LogP contribution in [0.15, 0.2) is 36.7 Å². The van der Waals surface area contributed by atoms with E-state index in [0.717, 1.165) is 17.0 Å². The van der Waals surface area contributed by atoms with Gasteiger partial charge in [0.25, 0.3) is 0 Å². The molecule has 0 saturated heterocycles. The summed E-state index contributed by atoms with van der Waals surface area (Å²) in [5, 5.41) is 10.0. The Kier molecular flexibility index (Phi) is 5.41. The smallest absolute Gasteiger partial charge is 0.246 e. The Hall–Kier alpha value is -1.79. The Morgan fingerprint density at radius 1 is 1.38 bits per heavy atom. The van der Waals surface area contributed by atoms with E-state index in [4.69, 9.17) is 0 Å². The molecule has 1 amide bonds. The van der Waals surface area contributed by atoms with Crippen molar-refractivity contribution in [2.24, 2.45) is 7.05 Å². The zero-order valence-corrected chi connectivity index (χ0v) is 13.3. The molecule has 0 spiro atoms. The van der Waals surface area contributed by atoms with Gasteiger partial charge >= 0.3 is 0 Å². The monoisotopic (exact) mass is 304 g/mol. The van der Waals surface area contributed by atoms with Crippen molar-refractivity contribution >= 4 is 23.4 Å². The van der Waals surface area contributed by atoms with E-state index in [2.05, 4.69) is 22.0 Å². The summed E-state index contributed by atoms with van der Waals surface area (Å²) in [5.41, 5.74) is 2.89. The lowest BCUT2D eigenvalue weighted by atomic mass is 10.1. The minimum atomic E-state index is -0.412. The molecule has 6 heteroatoms. The van der Waals surface area contributed by atoms with E-state index >= 15 is 0 Å². The van der Waals surface area contributed by atoms with Crippen LogP contribution in [-0.2, 0) is 17.6 Å². The second-order valence-electron chi connectivity index (χ2n) is 4.79. The summed E-state index contributed by atoms with van der Waals surface area (Å²) in [5.74, 6) is 0.881. The number of hydrogen-bond acceptors (Lipinski definition) is 4. The third-order valence-corrected chi connectivity index (χ3v) is 3.76. The van der Waals surface area contributed by atoms with Gasteiger partial charge in [0.15, 0.2) is 0 Å². The van der Waals surface area contributed by atoms with Crippen molar-refractivity contribution in [1.29, 1.82) is 0 Å². The normalized spacial score (nSPS) is 12.1. The number of carbonyl (C=O) groups is 1. The van der Waals surface area contributed by atoms with Crippen LogP contribution in [0.3, 0.4) is 0 Å². The van der Waals surface area contributed by atoms with E-state index in [1.54, 1.807) is 29.7 Å². The summed E-state index contributed by atoms with van der Waals surface area (Å²) in [4.78, 5) is 12.3. The van der Waals surface area contributed by atoms with Gasteiger partial charge in [0, 0.05) is 30.2 Å². The molecule has 5 nitrogen and oxygen atoms in total. The highest BCUT2D eigenvalue weighted by Gasteiger charge is 2.20. The molecule has 2 N–H and O–H groups in total. The van der Waals surface area contributed by atoms with Crippen LogP contribution in [0.4, 0.5) is 5.69 Å². The summed E-state index contributed by atoms with van der Waals surface area (Å²) in [6, 6.07) is 7.51. The number of anilines is 1. The maximum atomic E-state index is 12.3. The number of amides is 1. The molecule has 1 aromatic heterocycles. The molecule has 112 valence electrons. The van der Waals surface area contributed by atoms with Crippen molar-refractivity contribution in [2.75, 3.05) is 18.6 Å². The number of rotatable bonds is 6. The third-order valence-electron chi connectivity index (χ3n) is 3.14. The molecule has 2 aromatic rings. The molecule has 2 rings (SSSR count). The Morgan fingerprint density at radius 3 is 2.62 bits per heavy atom. The predicted octanol–water partition coefficient (Wildman–Crippen LogP) is 2.18. The van der Waals surface area contributed by atoms with Crippen LogP contribution in [0.25, 0.3) is 0 Å². The molecule has 0 radical (unpaired) electrons. The van der Waals surface area contributed by atoms with Crippen molar-refractivity contribution in [3.05, 3.63) is 47.8 Å². The number of thioether (sulfide) groups is 1. The summed E-state index contributed by atoms with van der Waals surface area (Å²) in [7, 11) is 3.59. The van der Waals surface area contributed by atoms with Crippen molar-refractivity contribution < 1.29 is 4.79 Å². The van der Waals surface area contributed by atoms with Crippen LogP contribution < -0.4 is 10.6 Å². The van der Waals surface area contributed by atoms with E-state index in [0.29, 0.717) is 0 Å². The predicted molar refractivity (Wildman–Crippen MR) is 87.3 cm³/mol. The first-order valence-electron chi connectivity index (χ1n) is 6.68. The molecular formula is C15H20N4OS. The maximum Gasteiger partial charge on any atom is 0.246 e. The lowest BCUT2D eigenvalue weighted by Gasteiger charge is -2.14. The molecule has 0 fully saturated rings. The van der Waals surface area contributed by atoms with Crippen molar-refractivity contribution in [3.63, 3.8) is 0 Å². The molecular weight excluding hydrogens is 284 g/mol. The second kappa shape index (κ2) is 7.28. The third kappa shape index (κ3) is 4.09. The number of nitrogens with zero attached hydrogens (tertiary/aromatic N) is 2. The highest BCUT2D eigenvalue weighted by molar-refractivity contribution is 7.97. The fraction of sp³-hybridized carbons (Fsp3) is 0.333. The lowest BCUT2D eigenvalue weighted by Crippen LogP contribution is -2.30. The van der Waals surface area contributed by atoms with Crippen molar-refractivity contribution in [2.45, 2.75) is 11.8 Å². The number of hydrogen-bond donors (Lipinski definition) is 2. The molecule has 0 aliphatic rings. The van der Waals surface area contributed by atoms with E-state index in [9.17, 15) is 4.79 Å². The molecule has 1 unspecified atom stereocenters. The van der Waals surface area contributed by atoms with Crippen molar-refractivity contribution in [3.8, 4) is 0 Å². The number of benzene rings is 1. The molecule has 21 heavy (non-hydrogen) atoms. The van der Waals surface area contributed by atoms with Crippen LogP contribution in [-0.4, -0.2) is 29.0 Å². The average Bonchev–Trinajstić information content (AvgIpc) is 2.88. The average molecular weight is 304 g/mol. The van der Waals surface area contributed by atoms with Gasteiger partial charge in [0.1, 0.15) is 6.04 Å². The first-order chi connectivity index (χ1) is 10.1. The summed E-state index contributed by atoms with van der Waals surface area (Å²) in [6.07, 6.45) is 5.60. The lowest BCUT2D eigenvalue weighted by molar-refractivity contribution is -0.118. The fourth-order valence-corrected chi connectivity index (χ4v) is 2.63. The van der Waals surface area contributed by atoms with Crippen LogP contribution in [0.5, 0.6) is 0 Å². The topological polar surface area (TPSA) is 59.0 Å². The number of nitrogens with one attached hydrogen (secondary N) is 2. The Morgan fingerprint density at radius 2 is 2.10 bits per heavy atom. The highest BCUT2D eigenvalue weighted by atomic mass is 32.2. The largest absolute Gasteiger partial charge is 0.324 e. The number of aromatic nitrogens is 2. The van der Waals surface area contributed by atoms with E-state index in [1.165, 1.54) is 5.56 Å². The van der Waals surface area contributed by atoms with Crippen LogP contribution in [0, 0.1) is 0 Å². The van der Waals surface area contributed by atoms with Crippen LogP contribution in [0.2, 0.25) is 0 Å². The summed E-state index contributed by atoms with van der Waals surface area (Å²) >= 11 is 1.78. The zero-order valence-electron chi connectivity index (χ0n) is 12.5. The number of likely N-dealkylation sites (N-methyl/N-ethyl adjacent to an activating group) is 1. The van der Waals surface area contributed by atoms with Crippen LogP contribution in [0.1, 0.15) is 17.2 Å². The van der Waals surface area contributed by atoms with E-state index in [-0.39, 0.29) is 5.91 Å². The minimum Gasteiger partial charge on any atom is -0.324 e. The van der Waals surface area contributed by atoms with Gasteiger partial charge in [0.2, 0.25) is 5.91 Å². The summed E-state index contributed by atoms with van der Waals surface area (Å²) in [6.45, 7) is 0. The maximum absolute atomic E-state index is 12.3. The van der Waals surface area contributed by atoms with Gasteiger partial charge in [-0.25, -0.2) is 0 Å². The SMILES string of the molecule is CNC(C(=O)Nc1ccc(CSC)cc1)c1cnn(C)c1. The van der Waals surface area contributed by atoms with Gasteiger partial charge in [-0.3, -0.25) is 9.48 Å². The van der Waals surface area contributed by atoms with E-state index < -0.39 is 6.04 Å². The fourth-order valence-electron chi connectivity index (χ4n) is 2.10. The molecule has 1 aromatic carbocycles. The molecule has 1 heterocycles. The molecule has 0 aliphatic heterocycles. The van der Waals surface area contributed by atoms with Gasteiger partial charge in [-0.2, -0.15) is 16.9 Å². The molecule has 0 aliphatic carbocycles.